The first-order valence-corrected chi connectivity index (χ1v) is 8.53. The lowest BCUT2D eigenvalue weighted by Gasteiger charge is -2.19. The number of hydrogen-bond donors (Lipinski definition) is 1. The molecule has 128 valence electrons. The molecule has 3 nitrogen and oxygen atoms in total. The van der Waals surface area contributed by atoms with Crippen LogP contribution in [0.1, 0.15) is 31.9 Å². The maximum Gasteiger partial charge on any atom is 0.127 e. The summed E-state index contributed by atoms with van der Waals surface area (Å²) in [5, 5.41) is 3.30. The molecule has 25 heavy (non-hydrogen) atoms. The van der Waals surface area contributed by atoms with Gasteiger partial charge in [-0.25, -0.2) is 4.98 Å². The van der Waals surface area contributed by atoms with Crippen molar-refractivity contribution in [3.05, 3.63) is 84.1 Å². The summed E-state index contributed by atoms with van der Waals surface area (Å²) in [4.78, 5) is 4.26. The lowest BCUT2D eigenvalue weighted by Crippen LogP contribution is -2.10. The number of nitrogens with zero attached hydrogens (tertiary/aromatic N) is 1. The average molecular weight is 332 g/mol. The minimum absolute atomic E-state index is 0.154. The summed E-state index contributed by atoms with van der Waals surface area (Å²) >= 11 is 0. The van der Waals surface area contributed by atoms with Crippen molar-refractivity contribution in [2.24, 2.45) is 0 Å². The van der Waals surface area contributed by atoms with E-state index in [9.17, 15) is 0 Å². The SMILES string of the molecule is CC(C)(C)c1ccc(Oc2ccc(CNc3ccccn3)cc2)cc1. The quantitative estimate of drug-likeness (QED) is 0.642. The summed E-state index contributed by atoms with van der Waals surface area (Å²) in [6, 6.07) is 22.3. The van der Waals surface area contributed by atoms with E-state index in [0.29, 0.717) is 0 Å². The highest BCUT2D eigenvalue weighted by molar-refractivity contribution is 5.38. The largest absolute Gasteiger partial charge is 0.457 e. The zero-order chi connectivity index (χ0) is 17.7. The van der Waals surface area contributed by atoms with Crippen molar-refractivity contribution in [2.45, 2.75) is 32.7 Å². The van der Waals surface area contributed by atoms with Gasteiger partial charge in [-0.05, 0) is 52.9 Å². The van der Waals surface area contributed by atoms with Crippen LogP contribution < -0.4 is 10.1 Å². The van der Waals surface area contributed by atoms with Gasteiger partial charge >= 0.3 is 0 Å². The fraction of sp³-hybridized carbons (Fsp3) is 0.227. The van der Waals surface area contributed by atoms with Gasteiger partial charge in [-0.2, -0.15) is 0 Å². The first kappa shape index (κ1) is 17.0. The predicted molar refractivity (Wildman–Crippen MR) is 103 cm³/mol. The molecule has 0 spiro atoms. The van der Waals surface area contributed by atoms with E-state index in [1.165, 1.54) is 11.1 Å². The zero-order valence-electron chi connectivity index (χ0n) is 15.0. The molecule has 1 heterocycles. The number of benzene rings is 2. The van der Waals surface area contributed by atoms with Crippen molar-refractivity contribution >= 4 is 5.82 Å². The maximum absolute atomic E-state index is 5.93. The Morgan fingerprint density at radius 2 is 1.48 bits per heavy atom. The number of aromatic nitrogens is 1. The van der Waals surface area contributed by atoms with Crippen LogP contribution in [0.15, 0.2) is 72.9 Å². The summed E-state index contributed by atoms with van der Waals surface area (Å²) in [6.07, 6.45) is 1.78. The van der Waals surface area contributed by atoms with E-state index in [0.717, 1.165) is 23.9 Å². The summed E-state index contributed by atoms with van der Waals surface area (Å²) in [7, 11) is 0. The van der Waals surface area contributed by atoms with Gasteiger partial charge in [-0.1, -0.05) is 51.1 Å². The second-order valence-electron chi connectivity index (χ2n) is 7.09. The van der Waals surface area contributed by atoms with Crippen molar-refractivity contribution in [3.63, 3.8) is 0 Å². The molecular weight excluding hydrogens is 308 g/mol. The summed E-state index contributed by atoms with van der Waals surface area (Å²) in [6.45, 7) is 7.36. The van der Waals surface area contributed by atoms with Crippen molar-refractivity contribution in [2.75, 3.05) is 5.32 Å². The molecule has 0 aliphatic rings. The third kappa shape index (κ3) is 4.83. The number of nitrogens with one attached hydrogen (secondary N) is 1. The van der Waals surface area contributed by atoms with Gasteiger partial charge in [0.2, 0.25) is 0 Å². The van der Waals surface area contributed by atoms with Crippen LogP contribution in [0.25, 0.3) is 0 Å². The Morgan fingerprint density at radius 1 is 0.840 bits per heavy atom. The monoisotopic (exact) mass is 332 g/mol. The minimum Gasteiger partial charge on any atom is -0.457 e. The number of ether oxygens (including phenoxy) is 1. The molecule has 0 atom stereocenters. The number of hydrogen-bond acceptors (Lipinski definition) is 3. The fourth-order valence-corrected chi connectivity index (χ4v) is 2.49. The second-order valence-corrected chi connectivity index (χ2v) is 7.09. The molecule has 0 fully saturated rings. The van der Waals surface area contributed by atoms with Gasteiger partial charge in [0.15, 0.2) is 0 Å². The van der Waals surface area contributed by atoms with Crippen molar-refractivity contribution in [1.82, 2.24) is 4.98 Å². The molecule has 0 saturated carbocycles. The van der Waals surface area contributed by atoms with E-state index in [-0.39, 0.29) is 5.41 Å². The number of anilines is 1. The van der Waals surface area contributed by atoms with E-state index in [4.69, 9.17) is 4.74 Å². The molecule has 0 radical (unpaired) electrons. The Morgan fingerprint density at radius 3 is 2.04 bits per heavy atom. The van der Waals surface area contributed by atoms with Gasteiger partial charge in [0.1, 0.15) is 17.3 Å². The van der Waals surface area contributed by atoms with Gasteiger partial charge in [0.25, 0.3) is 0 Å². The normalized spacial score (nSPS) is 11.2. The first-order valence-electron chi connectivity index (χ1n) is 8.53. The highest BCUT2D eigenvalue weighted by Crippen LogP contribution is 2.27. The van der Waals surface area contributed by atoms with Gasteiger partial charge in [0, 0.05) is 12.7 Å². The van der Waals surface area contributed by atoms with Crippen LogP contribution in [-0.2, 0) is 12.0 Å². The molecule has 0 bridgehead atoms. The first-order chi connectivity index (χ1) is 12.0. The van der Waals surface area contributed by atoms with Crippen LogP contribution in [-0.4, -0.2) is 4.98 Å². The molecule has 0 aliphatic carbocycles. The maximum atomic E-state index is 5.93. The molecule has 3 rings (SSSR count). The Balaban J connectivity index is 1.59. The molecule has 0 amide bonds. The van der Waals surface area contributed by atoms with Gasteiger partial charge in [-0.3, -0.25) is 0 Å². The standard InChI is InChI=1S/C22H24N2O/c1-22(2,3)18-9-13-20(14-10-18)25-19-11-7-17(8-12-19)16-24-21-6-4-5-15-23-21/h4-15H,16H2,1-3H3,(H,23,24). The van der Waals surface area contributed by atoms with E-state index in [2.05, 4.69) is 55.3 Å². The van der Waals surface area contributed by atoms with Crippen molar-refractivity contribution < 1.29 is 4.74 Å². The van der Waals surface area contributed by atoms with Gasteiger partial charge in [-0.15, -0.1) is 0 Å². The van der Waals surface area contributed by atoms with Gasteiger partial charge < -0.3 is 10.1 Å². The summed E-state index contributed by atoms with van der Waals surface area (Å²) in [5.74, 6) is 2.57. The predicted octanol–water partition coefficient (Wildman–Crippen LogP) is 5.78. The van der Waals surface area contributed by atoms with Crippen LogP contribution in [0, 0.1) is 0 Å². The van der Waals surface area contributed by atoms with E-state index < -0.39 is 0 Å². The summed E-state index contributed by atoms with van der Waals surface area (Å²) < 4.78 is 5.93. The molecule has 0 saturated heterocycles. The molecular formula is C22H24N2O. The van der Waals surface area contributed by atoms with E-state index >= 15 is 0 Å². The lowest BCUT2D eigenvalue weighted by molar-refractivity contribution is 0.481. The molecule has 1 N–H and O–H groups in total. The lowest BCUT2D eigenvalue weighted by atomic mass is 9.87. The molecule has 0 aliphatic heterocycles. The van der Waals surface area contributed by atoms with Crippen molar-refractivity contribution in [3.8, 4) is 11.5 Å². The summed E-state index contributed by atoms with van der Waals surface area (Å²) in [5.41, 5.74) is 2.64. The Labute approximate surface area is 149 Å². The van der Waals surface area contributed by atoms with Crippen LogP contribution in [0.5, 0.6) is 11.5 Å². The highest BCUT2D eigenvalue weighted by atomic mass is 16.5. The third-order valence-corrected chi connectivity index (χ3v) is 4.02. The highest BCUT2D eigenvalue weighted by Gasteiger charge is 2.13. The van der Waals surface area contributed by atoms with Crippen LogP contribution in [0.2, 0.25) is 0 Å². The van der Waals surface area contributed by atoms with Crippen LogP contribution in [0.4, 0.5) is 5.82 Å². The molecule has 1 aromatic heterocycles. The Kier molecular flexibility index (Phi) is 5.03. The smallest absolute Gasteiger partial charge is 0.127 e. The topological polar surface area (TPSA) is 34.1 Å². The van der Waals surface area contributed by atoms with E-state index in [1.54, 1.807) is 6.20 Å². The average Bonchev–Trinajstić information content (AvgIpc) is 2.62. The third-order valence-electron chi connectivity index (χ3n) is 4.02. The number of rotatable bonds is 5. The molecule has 3 aromatic rings. The van der Waals surface area contributed by atoms with Crippen LogP contribution in [0.3, 0.4) is 0 Å². The second kappa shape index (κ2) is 7.39. The minimum atomic E-state index is 0.154. The van der Waals surface area contributed by atoms with E-state index in [1.807, 2.05) is 42.5 Å². The Hall–Kier alpha value is -2.81. The fourth-order valence-electron chi connectivity index (χ4n) is 2.49. The molecule has 0 unspecified atom stereocenters. The van der Waals surface area contributed by atoms with Crippen molar-refractivity contribution in [1.29, 1.82) is 0 Å². The van der Waals surface area contributed by atoms with Crippen LogP contribution >= 0.6 is 0 Å². The number of pyridine rings is 1. The van der Waals surface area contributed by atoms with Gasteiger partial charge in [0.05, 0.1) is 0 Å². The zero-order valence-corrected chi connectivity index (χ0v) is 15.0. The molecule has 2 aromatic carbocycles. The Bertz CT molecular complexity index is 788. The molecule has 3 heteroatoms.